The topological polar surface area (TPSA) is 65.7 Å². The summed E-state index contributed by atoms with van der Waals surface area (Å²) in [6.07, 6.45) is -0.222. The van der Waals surface area contributed by atoms with E-state index in [9.17, 15) is 9.59 Å². The number of methoxy groups -OCH3 is 1. The minimum Gasteiger partial charge on any atom is -0.468 e. The normalized spacial score (nSPS) is 19.7. The first-order valence-corrected chi connectivity index (χ1v) is 5.36. The molecular formula is C12H14O5. The number of rotatable bonds is 2. The van der Waals surface area contributed by atoms with E-state index in [4.69, 9.17) is 13.9 Å². The maximum Gasteiger partial charge on any atom is 0.291 e. The number of hydrogen-bond donors (Lipinski definition) is 0. The van der Waals surface area contributed by atoms with Crippen molar-refractivity contribution in [3.05, 3.63) is 27.1 Å². The summed E-state index contributed by atoms with van der Waals surface area (Å²) in [5.74, 6) is 0.582. The van der Waals surface area contributed by atoms with Crippen molar-refractivity contribution in [2.45, 2.75) is 26.4 Å². The predicted molar refractivity (Wildman–Crippen MR) is 59.3 cm³/mol. The Kier molecular flexibility index (Phi) is 3.02. The summed E-state index contributed by atoms with van der Waals surface area (Å²) in [5.41, 5.74) is 0.770. The van der Waals surface area contributed by atoms with Gasteiger partial charge in [0, 0.05) is 12.0 Å². The van der Waals surface area contributed by atoms with Crippen LogP contribution in [-0.2, 0) is 9.53 Å². The van der Waals surface area contributed by atoms with E-state index < -0.39 is 6.10 Å². The Labute approximate surface area is 98.3 Å². The van der Waals surface area contributed by atoms with Crippen LogP contribution in [0.5, 0.6) is 5.95 Å². The highest BCUT2D eigenvalue weighted by molar-refractivity contribution is 5.81. The van der Waals surface area contributed by atoms with Crippen LogP contribution < -0.4 is 10.2 Å². The lowest BCUT2D eigenvalue weighted by molar-refractivity contribution is -0.117. The Hall–Kier alpha value is -1.62. The first kappa shape index (κ1) is 11.9. The summed E-state index contributed by atoms with van der Waals surface area (Å²) < 4.78 is 15.8. The van der Waals surface area contributed by atoms with Gasteiger partial charge in [0.1, 0.15) is 18.5 Å². The predicted octanol–water partition coefficient (Wildman–Crippen LogP) is 1.30. The van der Waals surface area contributed by atoms with Crippen LogP contribution in [0.15, 0.2) is 9.21 Å². The van der Waals surface area contributed by atoms with Crippen LogP contribution in [0, 0.1) is 13.8 Å². The van der Waals surface area contributed by atoms with E-state index in [1.165, 1.54) is 7.11 Å². The molecule has 0 spiro atoms. The molecule has 0 aromatic carbocycles. The summed E-state index contributed by atoms with van der Waals surface area (Å²) >= 11 is 0. The van der Waals surface area contributed by atoms with Crippen molar-refractivity contribution in [2.75, 3.05) is 13.7 Å². The molecule has 1 fully saturated rings. The van der Waals surface area contributed by atoms with E-state index in [1.807, 2.05) is 0 Å². The van der Waals surface area contributed by atoms with Crippen molar-refractivity contribution in [3.63, 3.8) is 0 Å². The zero-order valence-electron chi connectivity index (χ0n) is 10.0. The highest BCUT2D eigenvalue weighted by atomic mass is 16.6. The van der Waals surface area contributed by atoms with Crippen molar-refractivity contribution < 1.29 is 18.7 Å². The summed E-state index contributed by atoms with van der Waals surface area (Å²) in [6, 6.07) is 0. The quantitative estimate of drug-likeness (QED) is 0.776. The lowest BCUT2D eigenvalue weighted by atomic mass is 10.1. The van der Waals surface area contributed by atoms with E-state index in [1.54, 1.807) is 13.8 Å². The molecule has 5 heteroatoms. The van der Waals surface area contributed by atoms with Crippen LogP contribution in [0.25, 0.3) is 0 Å². The fourth-order valence-corrected chi connectivity index (χ4v) is 1.93. The van der Waals surface area contributed by atoms with E-state index in [-0.39, 0.29) is 30.2 Å². The molecule has 0 radical (unpaired) electrons. The second-order valence-electron chi connectivity index (χ2n) is 4.08. The standard InChI is InChI=1S/C12H14O5/c1-6-10(14)7(2)12(15-3)17-11(6)9-4-8(13)5-16-9/h9H,4-5H2,1-3H3/t9-/m1/s1. The van der Waals surface area contributed by atoms with E-state index in [0.717, 1.165) is 0 Å². The fourth-order valence-electron chi connectivity index (χ4n) is 1.93. The van der Waals surface area contributed by atoms with Gasteiger partial charge in [-0.05, 0) is 13.8 Å². The molecular weight excluding hydrogens is 224 g/mol. The van der Waals surface area contributed by atoms with Crippen LogP contribution in [-0.4, -0.2) is 19.5 Å². The number of carbonyl (C=O) groups excluding carboxylic acids is 1. The van der Waals surface area contributed by atoms with Gasteiger partial charge in [-0.25, -0.2) is 0 Å². The average Bonchev–Trinajstić information content (AvgIpc) is 2.73. The Morgan fingerprint density at radius 2 is 1.94 bits per heavy atom. The maximum atomic E-state index is 11.9. The van der Waals surface area contributed by atoms with Crippen LogP contribution in [0.1, 0.15) is 29.4 Å². The molecule has 0 saturated carbocycles. The molecule has 5 nitrogen and oxygen atoms in total. The Bertz CT molecular complexity index is 514. The highest BCUT2D eigenvalue weighted by Crippen LogP contribution is 2.31. The average molecular weight is 238 g/mol. The second kappa shape index (κ2) is 4.33. The lowest BCUT2D eigenvalue weighted by Gasteiger charge is -2.13. The van der Waals surface area contributed by atoms with E-state index in [2.05, 4.69) is 0 Å². The SMILES string of the molecule is COc1oc([C@H]2CC(=O)CO2)c(C)c(=O)c1C. The van der Waals surface area contributed by atoms with Gasteiger partial charge in [-0.15, -0.1) is 0 Å². The summed E-state index contributed by atoms with van der Waals surface area (Å²) in [6.45, 7) is 3.38. The van der Waals surface area contributed by atoms with Crippen molar-refractivity contribution in [3.8, 4) is 5.95 Å². The smallest absolute Gasteiger partial charge is 0.291 e. The van der Waals surface area contributed by atoms with Crippen molar-refractivity contribution in [2.24, 2.45) is 0 Å². The molecule has 1 aliphatic heterocycles. The second-order valence-corrected chi connectivity index (χ2v) is 4.08. The summed E-state index contributed by atoms with van der Waals surface area (Å²) in [4.78, 5) is 23.1. The molecule has 92 valence electrons. The van der Waals surface area contributed by atoms with Crippen molar-refractivity contribution in [1.82, 2.24) is 0 Å². The third-order valence-electron chi connectivity index (χ3n) is 2.90. The van der Waals surface area contributed by atoms with Gasteiger partial charge in [-0.1, -0.05) is 0 Å². The number of ketones is 1. The molecule has 0 N–H and O–H groups in total. The van der Waals surface area contributed by atoms with Gasteiger partial charge in [0.15, 0.2) is 11.2 Å². The third-order valence-corrected chi connectivity index (χ3v) is 2.90. The Morgan fingerprint density at radius 3 is 2.47 bits per heavy atom. The zero-order chi connectivity index (χ0) is 12.6. The van der Waals surface area contributed by atoms with E-state index in [0.29, 0.717) is 16.9 Å². The third kappa shape index (κ3) is 1.98. The number of ether oxygens (including phenoxy) is 2. The Morgan fingerprint density at radius 1 is 1.24 bits per heavy atom. The zero-order valence-corrected chi connectivity index (χ0v) is 10.0. The molecule has 1 atom stereocenters. The monoisotopic (exact) mass is 238 g/mol. The molecule has 1 aliphatic rings. The van der Waals surface area contributed by atoms with Gasteiger partial charge in [0.05, 0.1) is 12.7 Å². The van der Waals surface area contributed by atoms with Gasteiger partial charge in [-0.3, -0.25) is 9.59 Å². The molecule has 2 heterocycles. The van der Waals surface area contributed by atoms with Crippen LogP contribution in [0.4, 0.5) is 0 Å². The fraction of sp³-hybridized carbons (Fsp3) is 0.500. The summed E-state index contributed by atoms with van der Waals surface area (Å²) in [5, 5.41) is 0. The first-order chi connectivity index (χ1) is 8.04. The van der Waals surface area contributed by atoms with Gasteiger partial charge in [-0.2, -0.15) is 0 Å². The first-order valence-electron chi connectivity index (χ1n) is 5.36. The Balaban J connectivity index is 2.51. The van der Waals surface area contributed by atoms with Crippen LogP contribution in [0.2, 0.25) is 0 Å². The minimum atomic E-state index is -0.468. The molecule has 0 aliphatic carbocycles. The number of carbonyl (C=O) groups is 1. The molecule has 1 aromatic heterocycles. The molecule has 0 unspecified atom stereocenters. The van der Waals surface area contributed by atoms with Crippen LogP contribution in [0.3, 0.4) is 0 Å². The van der Waals surface area contributed by atoms with Crippen molar-refractivity contribution >= 4 is 5.78 Å². The minimum absolute atomic E-state index is 0.0107. The van der Waals surface area contributed by atoms with Gasteiger partial charge in [0.2, 0.25) is 0 Å². The maximum absolute atomic E-state index is 11.9. The number of Topliss-reactive ketones (excluding diaryl/α,β-unsaturated/α-hetero) is 1. The molecule has 2 rings (SSSR count). The molecule has 0 bridgehead atoms. The summed E-state index contributed by atoms with van der Waals surface area (Å²) in [7, 11) is 1.44. The van der Waals surface area contributed by atoms with Gasteiger partial charge < -0.3 is 13.9 Å². The van der Waals surface area contributed by atoms with Crippen LogP contribution >= 0.6 is 0 Å². The lowest BCUT2D eigenvalue weighted by Crippen LogP contribution is -2.15. The highest BCUT2D eigenvalue weighted by Gasteiger charge is 2.30. The van der Waals surface area contributed by atoms with Gasteiger partial charge in [0.25, 0.3) is 5.95 Å². The van der Waals surface area contributed by atoms with Gasteiger partial charge >= 0.3 is 0 Å². The van der Waals surface area contributed by atoms with E-state index >= 15 is 0 Å². The molecule has 17 heavy (non-hydrogen) atoms. The largest absolute Gasteiger partial charge is 0.468 e. The molecule has 1 saturated heterocycles. The number of hydrogen-bond acceptors (Lipinski definition) is 5. The van der Waals surface area contributed by atoms with Crippen molar-refractivity contribution in [1.29, 1.82) is 0 Å². The molecule has 1 aromatic rings. The molecule has 0 amide bonds.